The highest BCUT2D eigenvalue weighted by Gasteiger charge is 2.24. The molecule has 0 radical (unpaired) electrons. The minimum atomic E-state index is -2.03. The molecule has 0 aliphatic carbocycles. The Balaban J connectivity index is 3.12. The van der Waals surface area contributed by atoms with Gasteiger partial charge in [-0.2, -0.15) is 0 Å². The molecule has 1 rings (SSSR count). The van der Waals surface area contributed by atoms with Crippen molar-refractivity contribution in [1.29, 1.82) is 0 Å². The Morgan fingerprint density at radius 2 is 1.61 bits per heavy atom. The molecule has 98 valence electrons. The molecule has 1 aromatic rings. The van der Waals surface area contributed by atoms with E-state index in [1.165, 1.54) is 6.07 Å². The summed E-state index contributed by atoms with van der Waals surface area (Å²) in [4.78, 5) is 22.0. The second-order valence-electron chi connectivity index (χ2n) is 3.14. The summed E-state index contributed by atoms with van der Waals surface area (Å²) in [5.41, 5.74) is 4.65. The van der Waals surface area contributed by atoms with Crippen LogP contribution in [0.3, 0.4) is 0 Å². The van der Waals surface area contributed by atoms with Crippen LogP contribution in [0.1, 0.15) is 0 Å². The van der Waals surface area contributed by atoms with Gasteiger partial charge < -0.3 is 16.2 Å². The van der Waals surface area contributed by atoms with Gasteiger partial charge in [0, 0.05) is 0 Å². The summed E-state index contributed by atoms with van der Waals surface area (Å²) < 4.78 is 0. The first-order valence-corrected chi connectivity index (χ1v) is 5.88. The van der Waals surface area contributed by atoms with Gasteiger partial charge in [0.15, 0.2) is 0 Å². The Morgan fingerprint density at radius 3 is 2.00 bits per heavy atom. The zero-order valence-corrected chi connectivity index (χ0v) is 11.5. The molecule has 9 heteroatoms. The van der Waals surface area contributed by atoms with Crippen molar-refractivity contribution in [1.82, 2.24) is 0 Å². The zero-order chi connectivity index (χ0) is 14.0. The zero-order valence-electron chi connectivity index (χ0n) is 8.51. The van der Waals surface area contributed by atoms with E-state index in [9.17, 15) is 9.59 Å². The van der Waals surface area contributed by atoms with E-state index < -0.39 is 17.9 Å². The molecule has 18 heavy (non-hydrogen) atoms. The summed E-state index contributed by atoms with van der Waals surface area (Å²) in [5.74, 6) is -2.31. The number of amides is 2. The van der Waals surface area contributed by atoms with Crippen LogP contribution in [0.25, 0.3) is 0 Å². The van der Waals surface area contributed by atoms with E-state index in [2.05, 4.69) is 5.32 Å². The van der Waals surface area contributed by atoms with Gasteiger partial charge in [0.2, 0.25) is 6.10 Å². The van der Waals surface area contributed by atoms with E-state index in [1.807, 2.05) is 0 Å². The van der Waals surface area contributed by atoms with Gasteiger partial charge in [0.25, 0.3) is 11.8 Å². The Bertz CT molecular complexity index is 495. The van der Waals surface area contributed by atoms with Gasteiger partial charge in [-0.25, -0.2) is 0 Å². The Kier molecular flexibility index (Phi) is 5.07. The number of aliphatic hydroxyl groups is 1. The molecule has 0 spiro atoms. The van der Waals surface area contributed by atoms with Crippen molar-refractivity contribution < 1.29 is 14.7 Å². The number of hydrogen-bond donors (Lipinski definition) is 3. The second-order valence-corrected chi connectivity index (χ2v) is 4.71. The molecule has 0 heterocycles. The van der Waals surface area contributed by atoms with Crippen molar-refractivity contribution in [3.8, 4) is 0 Å². The quantitative estimate of drug-likeness (QED) is 0.585. The number of aliphatic hydroxyl groups excluding tert-OH is 1. The Labute approximate surface area is 122 Å². The van der Waals surface area contributed by atoms with Crippen molar-refractivity contribution in [2.45, 2.75) is 6.10 Å². The predicted octanol–water partition coefficient (Wildman–Crippen LogP) is 2.08. The largest absolute Gasteiger partial charge is 0.375 e. The van der Waals surface area contributed by atoms with Crippen molar-refractivity contribution in [3.05, 3.63) is 26.2 Å². The summed E-state index contributed by atoms with van der Waals surface area (Å²) in [6.45, 7) is 0. The Hall–Kier alpha value is -0.720. The van der Waals surface area contributed by atoms with Gasteiger partial charge in [0.1, 0.15) is 0 Å². The highest BCUT2D eigenvalue weighted by atomic mass is 35.5. The third-order valence-corrected chi connectivity index (χ3v) is 3.45. The smallest absolute Gasteiger partial charge is 0.263 e. The van der Waals surface area contributed by atoms with E-state index in [0.717, 1.165) is 0 Å². The first-order valence-electron chi connectivity index (χ1n) is 4.37. The number of halogens is 4. The van der Waals surface area contributed by atoms with Gasteiger partial charge in [-0.15, -0.1) is 0 Å². The first-order chi connectivity index (χ1) is 8.25. The van der Waals surface area contributed by atoms with E-state index in [0.29, 0.717) is 0 Å². The number of carbonyl (C=O) groups excluding carboxylic acids is 2. The number of hydrogen-bond acceptors (Lipinski definition) is 3. The lowest BCUT2D eigenvalue weighted by Crippen LogP contribution is -2.39. The molecule has 0 saturated heterocycles. The van der Waals surface area contributed by atoms with E-state index in [-0.39, 0.29) is 25.8 Å². The molecule has 1 aromatic carbocycles. The van der Waals surface area contributed by atoms with Gasteiger partial charge in [-0.05, 0) is 6.07 Å². The molecule has 0 aliphatic rings. The molecule has 0 fully saturated rings. The summed E-state index contributed by atoms with van der Waals surface area (Å²) >= 11 is 23.1. The molecular formula is C9H6Cl4N2O3. The van der Waals surface area contributed by atoms with Crippen LogP contribution < -0.4 is 11.1 Å². The van der Waals surface area contributed by atoms with Crippen LogP contribution in [0, 0.1) is 0 Å². The van der Waals surface area contributed by atoms with Gasteiger partial charge in [-0.3, -0.25) is 9.59 Å². The normalized spacial score (nSPS) is 12.1. The van der Waals surface area contributed by atoms with Crippen LogP contribution in [-0.2, 0) is 9.59 Å². The molecule has 0 saturated carbocycles. The molecular weight excluding hydrogens is 326 g/mol. The molecule has 1 unspecified atom stereocenters. The molecule has 1 atom stereocenters. The van der Waals surface area contributed by atoms with Crippen LogP contribution in [0.2, 0.25) is 20.1 Å². The summed E-state index contributed by atoms with van der Waals surface area (Å²) in [6, 6.07) is 1.29. The minimum absolute atomic E-state index is 0.0509. The number of benzene rings is 1. The number of carbonyl (C=O) groups is 2. The third kappa shape index (κ3) is 3.18. The fourth-order valence-electron chi connectivity index (χ4n) is 1.00. The van der Waals surface area contributed by atoms with Crippen LogP contribution in [0.5, 0.6) is 0 Å². The van der Waals surface area contributed by atoms with Gasteiger partial charge in [-0.1, -0.05) is 46.4 Å². The molecule has 0 aliphatic heterocycles. The minimum Gasteiger partial charge on any atom is -0.375 e. The van der Waals surface area contributed by atoms with E-state index >= 15 is 0 Å². The van der Waals surface area contributed by atoms with Crippen molar-refractivity contribution >= 4 is 63.9 Å². The fourth-order valence-corrected chi connectivity index (χ4v) is 1.91. The van der Waals surface area contributed by atoms with Crippen LogP contribution in [-0.4, -0.2) is 23.0 Å². The SMILES string of the molecule is NC(=O)C(O)C(=O)Nc1c(Cl)c(Cl)cc(Cl)c1Cl. The third-order valence-electron chi connectivity index (χ3n) is 1.88. The molecule has 5 nitrogen and oxygen atoms in total. The van der Waals surface area contributed by atoms with Gasteiger partial charge >= 0.3 is 0 Å². The van der Waals surface area contributed by atoms with E-state index in [1.54, 1.807) is 0 Å². The monoisotopic (exact) mass is 330 g/mol. The number of nitrogens with one attached hydrogen (secondary N) is 1. The Morgan fingerprint density at radius 1 is 1.17 bits per heavy atom. The first kappa shape index (κ1) is 15.3. The van der Waals surface area contributed by atoms with Gasteiger partial charge in [0.05, 0.1) is 25.8 Å². The lowest BCUT2D eigenvalue weighted by molar-refractivity contribution is -0.136. The molecule has 2 amide bonds. The highest BCUT2D eigenvalue weighted by Crippen LogP contribution is 2.40. The average Bonchev–Trinajstić information content (AvgIpc) is 2.30. The molecule has 0 bridgehead atoms. The number of anilines is 1. The maximum absolute atomic E-state index is 11.4. The maximum atomic E-state index is 11.4. The number of nitrogens with two attached hydrogens (primary N) is 1. The van der Waals surface area contributed by atoms with Crippen LogP contribution >= 0.6 is 46.4 Å². The summed E-state index contributed by atoms with van der Waals surface area (Å²) in [5, 5.41) is 11.2. The van der Waals surface area contributed by atoms with E-state index in [4.69, 9.17) is 57.2 Å². The predicted molar refractivity (Wildman–Crippen MR) is 70.3 cm³/mol. The number of rotatable bonds is 3. The lowest BCUT2D eigenvalue weighted by Gasteiger charge is -2.13. The fraction of sp³-hybridized carbons (Fsp3) is 0.111. The standard InChI is InChI=1S/C9H6Cl4N2O3/c10-2-1-3(11)5(13)6(4(2)12)15-9(18)7(16)8(14)17/h1,7,16H,(H2,14,17)(H,15,18). The number of primary amides is 1. The van der Waals surface area contributed by atoms with Crippen LogP contribution in [0.15, 0.2) is 6.07 Å². The maximum Gasteiger partial charge on any atom is 0.263 e. The average molecular weight is 332 g/mol. The summed E-state index contributed by atoms with van der Waals surface area (Å²) in [7, 11) is 0. The van der Waals surface area contributed by atoms with Crippen molar-refractivity contribution in [2.75, 3.05) is 5.32 Å². The molecule has 4 N–H and O–H groups in total. The van der Waals surface area contributed by atoms with Crippen molar-refractivity contribution in [2.24, 2.45) is 5.73 Å². The highest BCUT2D eigenvalue weighted by molar-refractivity contribution is 6.50. The lowest BCUT2D eigenvalue weighted by atomic mass is 10.2. The van der Waals surface area contributed by atoms with Crippen LogP contribution in [0.4, 0.5) is 5.69 Å². The topological polar surface area (TPSA) is 92.4 Å². The summed E-state index contributed by atoms with van der Waals surface area (Å²) in [6.07, 6.45) is -2.03. The molecule has 0 aromatic heterocycles. The van der Waals surface area contributed by atoms with Crippen molar-refractivity contribution in [3.63, 3.8) is 0 Å². The second kappa shape index (κ2) is 5.95.